The van der Waals surface area contributed by atoms with Crippen LogP contribution in [0, 0.1) is 3.57 Å². The maximum atomic E-state index is 11.2. The van der Waals surface area contributed by atoms with Crippen molar-refractivity contribution in [3.8, 4) is 0 Å². The van der Waals surface area contributed by atoms with Gasteiger partial charge in [-0.25, -0.2) is 9.78 Å². The van der Waals surface area contributed by atoms with Gasteiger partial charge in [0.05, 0.1) is 17.6 Å². The van der Waals surface area contributed by atoms with Gasteiger partial charge in [-0.1, -0.05) is 6.58 Å². The van der Waals surface area contributed by atoms with Gasteiger partial charge in [-0.3, -0.25) is 5.32 Å². The SMILES string of the molecule is C=C(C)OC(=O)Nc1cnc(Br)cc1I. The number of carbonyl (C=O) groups excluding carboxylic acids is 1. The molecule has 0 saturated carbocycles. The molecular weight excluding hydrogens is 375 g/mol. The molecule has 1 rings (SSSR count). The molecule has 0 aliphatic carbocycles. The molecule has 1 N–H and O–H groups in total. The fourth-order valence-electron chi connectivity index (χ4n) is 0.793. The van der Waals surface area contributed by atoms with Crippen molar-refractivity contribution in [1.82, 2.24) is 4.98 Å². The van der Waals surface area contributed by atoms with Crippen LogP contribution in [0.5, 0.6) is 0 Å². The zero-order chi connectivity index (χ0) is 11.4. The summed E-state index contributed by atoms with van der Waals surface area (Å²) in [6, 6.07) is 1.79. The van der Waals surface area contributed by atoms with Gasteiger partial charge in [0.1, 0.15) is 4.60 Å². The molecule has 0 aliphatic rings. The van der Waals surface area contributed by atoms with Crippen LogP contribution in [0.4, 0.5) is 10.5 Å². The van der Waals surface area contributed by atoms with Gasteiger partial charge in [0, 0.05) is 3.57 Å². The van der Waals surface area contributed by atoms with E-state index in [-0.39, 0.29) is 0 Å². The van der Waals surface area contributed by atoms with Crippen LogP contribution in [0.3, 0.4) is 0 Å². The minimum atomic E-state index is -0.565. The maximum Gasteiger partial charge on any atom is 0.416 e. The molecule has 0 bridgehead atoms. The zero-order valence-corrected chi connectivity index (χ0v) is 11.6. The highest BCUT2D eigenvalue weighted by Crippen LogP contribution is 2.20. The Morgan fingerprint density at radius 3 is 2.93 bits per heavy atom. The molecule has 80 valence electrons. The lowest BCUT2D eigenvalue weighted by Gasteiger charge is -2.07. The molecule has 1 aromatic heterocycles. The van der Waals surface area contributed by atoms with E-state index in [9.17, 15) is 4.79 Å². The van der Waals surface area contributed by atoms with E-state index in [4.69, 9.17) is 4.74 Å². The summed E-state index contributed by atoms with van der Waals surface area (Å²) in [6.07, 6.45) is 0.982. The van der Waals surface area contributed by atoms with Crippen molar-refractivity contribution in [2.75, 3.05) is 5.32 Å². The Bertz CT molecular complexity index is 409. The van der Waals surface area contributed by atoms with E-state index >= 15 is 0 Å². The first kappa shape index (κ1) is 12.4. The van der Waals surface area contributed by atoms with Crippen LogP contribution < -0.4 is 5.32 Å². The number of anilines is 1. The second kappa shape index (κ2) is 5.45. The Morgan fingerprint density at radius 2 is 2.40 bits per heavy atom. The van der Waals surface area contributed by atoms with Gasteiger partial charge in [0.2, 0.25) is 0 Å². The number of halogens is 2. The first-order valence-electron chi connectivity index (χ1n) is 3.94. The van der Waals surface area contributed by atoms with E-state index in [2.05, 4.69) is 55.4 Å². The standard InChI is InChI=1S/C9H8BrIN2O2/c1-5(2)15-9(14)13-7-4-12-8(10)3-6(7)11/h3-4H,1H2,2H3,(H,13,14). The number of ether oxygens (including phenoxy) is 1. The minimum absolute atomic E-state index is 0.340. The molecule has 1 amide bonds. The first-order chi connectivity index (χ1) is 6.99. The largest absolute Gasteiger partial charge is 0.416 e. The third kappa shape index (κ3) is 4.17. The highest BCUT2D eigenvalue weighted by Gasteiger charge is 2.07. The quantitative estimate of drug-likeness (QED) is 0.483. The number of nitrogens with zero attached hydrogens (tertiary/aromatic N) is 1. The van der Waals surface area contributed by atoms with Crippen molar-refractivity contribution in [1.29, 1.82) is 0 Å². The lowest BCUT2D eigenvalue weighted by atomic mass is 10.4. The molecule has 0 unspecified atom stereocenters. The number of rotatable bonds is 2. The fraction of sp³-hybridized carbons (Fsp3) is 0.111. The minimum Gasteiger partial charge on any atom is -0.416 e. The molecule has 0 aliphatic heterocycles. The molecular formula is C9H8BrIN2O2. The van der Waals surface area contributed by atoms with Crippen LogP contribution in [-0.2, 0) is 4.74 Å². The van der Waals surface area contributed by atoms with Crippen molar-refractivity contribution in [2.45, 2.75) is 6.92 Å². The van der Waals surface area contributed by atoms with Crippen LogP contribution in [0.2, 0.25) is 0 Å². The molecule has 0 aromatic carbocycles. The highest BCUT2D eigenvalue weighted by atomic mass is 127. The molecule has 6 heteroatoms. The van der Waals surface area contributed by atoms with Crippen LogP contribution in [0.1, 0.15) is 6.92 Å². The number of pyridine rings is 1. The molecule has 0 fully saturated rings. The van der Waals surface area contributed by atoms with E-state index < -0.39 is 6.09 Å². The van der Waals surface area contributed by atoms with Crippen molar-refractivity contribution >= 4 is 50.3 Å². The number of amides is 1. The maximum absolute atomic E-state index is 11.2. The third-order valence-corrected chi connectivity index (χ3v) is 2.65. The number of nitrogens with one attached hydrogen (secondary N) is 1. The summed E-state index contributed by atoms with van der Waals surface area (Å²) in [6.45, 7) is 5.07. The predicted molar refractivity (Wildman–Crippen MR) is 69.6 cm³/mol. The summed E-state index contributed by atoms with van der Waals surface area (Å²) in [4.78, 5) is 15.2. The molecule has 15 heavy (non-hydrogen) atoms. The summed E-state index contributed by atoms with van der Waals surface area (Å²) in [7, 11) is 0. The van der Waals surface area contributed by atoms with E-state index in [1.165, 1.54) is 0 Å². The Labute approximate surface area is 109 Å². The van der Waals surface area contributed by atoms with Gasteiger partial charge in [0.25, 0.3) is 0 Å². The summed E-state index contributed by atoms with van der Waals surface area (Å²) in [5.41, 5.74) is 0.602. The molecule has 0 atom stereocenters. The predicted octanol–water partition coefficient (Wildman–Crippen LogP) is 3.53. The molecule has 0 saturated heterocycles. The smallest absolute Gasteiger partial charge is 0.416 e. The fourth-order valence-corrected chi connectivity index (χ4v) is 2.12. The van der Waals surface area contributed by atoms with E-state index in [1.54, 1.807) is 19.2 Å². The van der Waals surface area contributed by atoms with Gasteiger partial charge in [-0.05, 0) is 51.5 Å². The lowest BCUT2D eigenvalue weighted by molar-refractivity contribution is 0.192. The number of hydrogen-bond donors (Lipinski definition) is 1. The molecule has 0 radical (unpaired) electrons. The zero-order valence-electron chi connectivity index (χ0n) is 7.88. The first-order valence-corrected chi connectivity index (χ1v) is 5.81. The second-order valence-corrected chi connectivity index (χ2v) is 4.68. The Hall–Kier alpha value is -0.630. The average molecular weight is 383 g/mol. The molecule has 1 heterocycles. The Morgan fingerprint density at radius 1 is 1.73 bits per heavy atom. The summed E-state index contributed by atoms with van der Waals surface area (Å²) in [5, 5.41) is 2.56. The van der Waals surface area contributed by atoms with Gasteiger partial charge in [-0.2, -0.15) is 0 Å². The number of allylic oxidation sites excluding steroid dienone is 1. The average Bonchev–Trinajstić information content (AvgIpc) is 2.08. The lowest BCUT2D eigenvalue weighted by Crippen LogP contribution is -2.13. The van der Waals surface area contributed by atoms with Crippen molar-refractivity contribution in [3.05, 3.63) is 32.8 Å². The summed E-state index contributed by atoms with van der Waals surface area (Å²) >= 11 is 5.32. The summed E-state index contributed by atoms with van der Waals surface area (Å²) < 4.78 is 6.33. The molecule has 0 spiro atoms. The number of aromatic nitrogens is 1. The number of carbonyl (C=O) groups is 1. The topological polar surface area (TPSA) is 51.2 Å². The van der Waals surface area contributed by atoms with E-state index in [0.717, 1.165) is 3.57 Å². The van der Waals surface area contributed by atoms with Crippen molar-refractivity contribution < 1.29 is 9.53 Å². The molecule has 4 nitrogen and oxygen atoms in total. The number of hydrogen-bond acceptors (Lipinski definition) is 3. The van der Waals surface area contributed by atoms with Gasteiger partial charge in [0.15, 0.2) is 0 Å². The van der Waals surface area contributed by atoms with Crippen molar-refractivity contribution in [3.63, 3.8) is 0 Å². The Balaban J connectivity index is 2.72. The van der Waals surface area contributed by atoms with Crippen LogP contribution in [-0.4, -0.2) is 11.1 Å². The van der Waals surface area contributed by atoms with Crippen LogP contribution in [0.15, 0.2) is 29.2 Å². The van der Waals surface area contributed by atoms with Crippen LogP contribution >= 0.6 is 38.5 Å². The molecule has 1 aromatic rings. The Kier molecular flexibility index (Phi) is 4.52. The van der Waals surface area contributed by atoms with E-state index in [1.807, 2.05) is 0 Å². The van der Waals surface area contributed by atoms with Gasteiger partial charge < -0.3 is 4.74 Å². The monoisotopic (exact) mass is 382 g/mol. The second-order valence-electron chi connectivity index (χ2n) is 2.70. The van der Waals surface area contributed by atoms with E-state index in [0.29, 0.717) is 16.0 Å². The van der Waals surface area contributed by atoms with Gasteiger partial charge in [-0.15, -0.1) is 0 Å². The third-order valence-electron chi connectivity index (χ3n) is 1.32. The normalized spacial score (nSPS) is 9.53. The van der Waals surface area contributed by atoms with Crippen molar-refractivity contribution in [2.24, 2.45) is 0 Å². The van der Waals surface area contributed by atoms with Crippen LogP contribution in [0.25, 0.3) is 0 Å². The van der Waals surface area contributed by atoms with Gasteiger partial charge >= 0.3 is 6.09 Å². The highest BCUT2D eigenvalue weighted by molar-refractivity contribution is 14.1. The summed E-state index contributed by atoms with van der Waals surface area (Å²) in [5.74, 6) is 0.340.